The Kier molecular flexibility index (Phi) is 3.00. The number of rotatable bonds is 4. The second-order valence-corrected chi connectivity index (χ2v) is 3.19. The average molecular weight is 221 g/mol. The zero-order valence-corrected chi connectivity index (χ0v) is 8.30. The van der Waals surface area contributed by atoms with E-state index >= 15 is 0 Å². The molecule has 1 fully saturated rings. The molecule has 16 heavy (non-hydrogen) atoms. The minimum Gasteiger partial charge on any atom is -0.462 e. The van der Waals surface area contributed by atoms with Gasteiger partial charge in [0.05, 0.1) is 6.26 Å². The summed E-state index contributed by atoms with van der Waals surface area (Å²) in [6, 6.07) is 3.17. The summed E-state index contributed by atoms with van der Waals surface area (Å²) in [6.45, 7) is 0.555. The van der Waals surface area contributed by atoms with E-state index in [1.165, 1.54) is 6.26 Å². The van der Waals surface area contributed by atoms with Gasteiger partial charge in [0.15, 0.2) is 11.5 Å². The number of hydrogen-bond acceptors (Lipinski definition) is 5. The molecular weight excluding hydrogens is 212 g/mol. The fourth-order valence-electron chi connectivity index (χ4n) is 1.32. The maximum atomic E-state index is 11.1. The van der Waals surface area contributed by atoms with Crippen LogP contribution in [0.25, 0.3) is 0 Å². The molecule has 1 atom stereocenters. The van der Waals surface area contributed by atoms with E-state index in [0.717, 1.165) is 0 Å². The summed E-state index contributed by atoms with van der Waals surface area (Å²) in [5, 5.41) is 6.15. The van der Waals surface area contributed by atoms with E-state index in [1.807, 2.05) is 0 Å². The predicted octanol–water partition coefficient (Wildman–Crippen LogP) is -0.00150. The van der Waals surface area contributed by atoms with Gasteiger partial charge in [0, 0.05) is 13.0 Å². The first-order valence-corrected chi connectivity index (χ1v) is 4.75. The molecule has 0 spiro atoms. The first-order chi connectivity index (χ1) is 7.81. The number of furan rings is 1. The fraction of sp³-hybridized carbons (Fsp3) is 0.300. The largest absolute Gasteiger partial charge is 0.462 e. The van der Waals surface area contributed by atoms with Gasteiger partial charge in [-0.05, 0) is 12.1 Å². The topological polar surface area (TPSA) is 80.9 Å². The van der Waals surface area contributed by atoms with Crippen molar-refractivity contribution in [1.29, 1.82) is 0 Å². The van der Waals surface area contributed by atoms with Gasteiger partial charge >= 0.3 is 0 Å². The summed E-state index contributed by atoms with van der Waals surface area (Å²) in [5.41, 5.74) is -0.0929. The maximum absolute atomic E-state index is 11.1. The normalized spacial score (nSPS) is 20.6. The lowest BCUT2D eigenvalue weighted by Gasteiger charge is -2.03. The van der Waals surface area contributed by atoms with E-state index in [2.05, 4.69) is 10.5 Å². The van der Waals surface area contributed by atoms with Crippen molar-refractivity contribution in [3.8, 4) is 0 Å². The van der Waals surface area contributed by atoms with Gasteiger partial charge in [-0.25, -0.2) is 0 Å². The van der Waals surface area contributed by atoms with Crippen molar-refractivity contribution in [3.05, 3.63) is 24.2 Å². The van der Waals surface area contributed by atoms with E-state index in [9.17, 15) is 9.59 Å². The van der Waals surface area contributed by atoms with Crippen molar-refractivity contribution in [1.82, 2.24) is 5.32 Å². The highest BCUT2D eigenvalue weighted by Crippen LogP contribution is 2.07. The van der Waals surface area contributed by atoms with E-state index in [1.54, 1.807) is 18.4 Å². The van der Waals surface area contributed by atoms with Crippen LogP contribution >= 0.6 is 0 Å². The predicted molar refractivity (Wildman–Crippen MR) is 53.4 cm³/mol. The molecule has 0 bridgehead atoms. The summed E-state index contributed by atoms with van der Waals surface area (Å²) in [6.07, 6.45) is 2.89. The Morgan fingerprint density at radius 1 is 1.69 bits per heavy atom. The van der Waals surface area contributed by atoms with Gasteiger partial charge in [0.25, 0.3) is 12.2 Å². The number of hydrogen-bond donors (Lipinski definition) is 1. The Bertz CT molecular complexity index is 410. The monoisotopic (exact) mass is 221 g/mol. The first kappa shape index (κ1) is 10.4. The lowest BCUT2D eigenvalue weighted by Crippen LogP contribution is -2.24. The molecule has 0 saturated carbocycles. The standard InChI is InChI=1S/C10H9N2O4/c13-6-7(8-2-1-5-15-8)12-16-9-3-4-11-10(9)14/h1-2,5,9H,3-4H2,(H,11,14). The molecular formula is C10H9N2O4. The highest BCUT2D eigenvalue weighted by molar-refractivity contribution is 6.35. The number of carbonyl (C=O) groups is 1. The third-order valence-electron chi connectivity index (χ3n) is 2.12. The first-order valence-electron chi connectivity index (χ1n) is 4.75. The number of oxime groups is 1. The third-order valence-corrected chi connectivity index (χ3v) is 2.12. The van der Waals surface area contributed by atoms with Gasteiger partial charge in [-0.15, -0.1) is 0 Å². The number of nitrogens with one attached hydrogen (secondary N) is 1. The molecule has 1 unspecified atom stereocenters. The Balaban J connectivity index is 2.04. The van der Waals surface area contributed by atoms with Gasteiger partial charge in [0.1, 0.15) is 0 Å². The summed E-state index contributed by atoms with van der Waals surface area (Å²) in [4.78, 5) is 26.7. The fourth-order valence-corrected chi connectivity index (χ4v) is 1.32. The maximum Gasteiger partial charge on any atom is 0.263 e. The Morgan fingerprint density at radius 3 is 3.12 bits per heavy atom. The quantitative estimate of drug-likeness (QED) is 0.573. The van der Waals surface area contributed by atoms with Crippen LogP contribution in [0.2, 0.25) is 0 Å². The highest BCUT2D eigenvalue weighted by atomic mass is 16.6. The van der Waals surface area contributed by atoms with Crippen LogP contribution in [-0.2, 0) is 14.4 Å². The van der Waals surface area contributed by atoms with Crippen LogP contribution in [0, 0.1) is 0 Å². The van der Waals surface area contributed by atoms with Crippen molar-refractivity contribution in [2.24, 2.45) is 5.16 Å². The summed E-state index contributed by atoms with van der Waals surface area (Å²) in [5.74, 6) is 0.0295. The van der Waals surface area contributed by atoms with Crippen LogP contribution in [0.4, 0.5) is 0 Å². The van der Waals surface area contributed by atoms with Gasteiger partial charge in [0.2, 0.25) is 6.10 Å². The molecule has 0 aliphatic carbocycles. The molecule has 1 aliphatic heterocycles. The molecule has 1 aromatic rings. The minimum absolute atomic E-state index is 0.0929. The van der Waals surface area contributed by atoms with E-state index in [-0.39, 0.29) is 17.4 Å². The summed E-state index contributed by atoms with van der Waals surface area (Å²) >= 11 is 0. The van der Waals surface area contributed by atoms with Crippen LogP contribution in [-0.4, -0.2) is 30.6 Å². The van der Waals surface area contributed by atoms with E-state index in [4.69, 9.17) is 9.25 Å². The second kappa shape index (κ2) is 4.61. The number of carbonyl (C=O) groups excluding carboxylic acids is 2. The highest BCUT2D eigenvalue weighted by Gasteiger charge is 2.26. The molecule has 6 nitrogen and oxygen atoms in total. The van der Waals surface area contributed by atoms with Gasteiger partial charge in [-0.2, -0.15) is 0 Å². The molecule has 2 rings (SSSR count). The molecule has 0 aromatic carbocycles. The molecule has 1 saturated heterocycles. The molecule has 1 N–H and O–H groups in total. The van der Waals surface area contributed by atoms with Crippen molar-refractivity contribution < 1.29 is 18.8 Å². The van der Waals surface area contributed by atoms with Crippen LogP contribution in [0.15, 0.2) is 28.0 Å². The van der Waals surface area contributed by atoms with Crippen LogP contribution < -0.4 is 5.32 Å². The summed E-state index contributed by atoms with van der Waals surface area (Å²) in [7, 11) is 0. The SMILES string of the molecule is O=[C]C(=NOC1CCNC1=O)c1ccco1. The molecule has 1 aliphatic rings. The van der Waals surface area contributed by atoms with E-state index in [0.29, 0.717) is 13.0 Å². The lowest BCUT2D eigenvalue weighted by atomic mass is 10.3. The van der Waals surface area contributed by atoms with Crippen molar-refractivity contribution in [2.75, 3.05) is 6.54 Å². The minimum atomic E-state index is -0.640. The number of nitrogens with zero attached hydrogens (tertiary/aromatic N) is 1. The van der Waals surface area contributed by atoms with Gasteiger partial charge in [-0.1, -0.05) is 5.16 Å². The van der Waals surface area contributed by atoms with Crippen LogP contribution in [0.5, 0.6) is 0 Å². The second-order valence-electron chi connectivity index (χ2n) is 3.19. The van der Waals surface area contributed by atoms with Gasteiger partial charge < -0.3 is 14.6 Å². The smallest absolute Gasteiger partial charge is 0.263 e. The Labute approximate surface area is 91.2 Å². The molecule has 2 heterocycles. The zero-order chi connectivity index (χ0) is 11.4. The molecule has 1 radical (unpaired) electrons. The molecule has 6 heteroatoms. The zero-order valence-electron chi connectivity index (χ0n) is 8.30. The third kappa shape index (κ3) is 2.10. The Morgan fingerprint density at radius 2 is 2.56 bits per heavy atom. The van der Waals surface area contributed by atoms with Crippen LogP contribution in [0.1, 0.15) is 12.2 Å². The summed E-state index contributed by atoms with van der Waals surface area (Å²) < 4.78 is 4.95. The van der Waals surface area contributed by atoms with Crippen molar-refractivity contribution in [2.45, 2.75) is 12.5 Å². The molecule has 1 amide bonds. The molecule has 83 valence electrons. The van der Waals surface area contributed by atoms with Crippen LogP contribution in [0.3, 0.4) is 0 Å². The molecule has 1 aromatic heterocycles. The van der Waals surface area contributed by atoms with Gasteiger partial charge in [-0.3, -0.25) is 9.59 Å². The average Bonchev–Trinajstić information content (AvgIpc) is 2.92. The number of amides is 1. The Hall–Kier alpha value is -2.11. The van der Waals surface area contributed by atoms with E-state index < -0.39 is 6.10 Å². The lowest BCUT2D eigenvalue weighted by molar-refractivity contribution is -0.129. The van der Waals surface area contributed by atoms with Crippen molar-refractivity contribution in [3.63, 3.8) is 0 Å². The van der Waals surface area contributed by atoms with Crippen molar-refractivity contribution >= 4 is 17.9 Å².